The van der Waals surface area contributed by atoms with Crippen molar-refractivity contribution in [3.8, 4) is 17.1 Å². The van der Waals surface area contributed by atoms with Crippen molar-refractivity contribution in [1.82, 2.24) is 15.3 Å². The molecule has 0 radical (unpaired) electrons. The second-order valence-electron chi connectivity index (χ2n) is 5.03. The molecule has 0 fully saturated rings. The van der Waals surface area contributed by atoms with Gasteiger partial charge in [-0.2, -0.15) is 0 Å². The van der Waals surface area contributed by atoms with Crippen LogP contribution in [0.25, 0.3) is 11.4 Å². The highest BCUT2D eigenvalue weighted by Gasteiger charge is 2.10. The molecule has 0 saturated heterocycles. The first-order valence-corrected chi connectivity index (χ1v) is 7.35. The molecule has 1 aromatic carbocycles. The van der Waals surface area contributed by atoms with Crippen molar-refractivity contribution in [2.75, 3.05) is 20.2 Å². The Kier molecular flexibility index (Phi) is 5.28. The van der Waals surface area contributed by atoms with Gasteiger partial charge in [-0.15, -0.1) is 0 Å². The zero-order valence-electron chi connectivity index (χ0n) is 13.2. The summed E-state index contributed by atoms with van der Waals surface area (Å²) in [4.78, 5) is 9.33. The maximum Gasteiger partial charge on any atom is 0.159 e. The Labute approximate surface area is 126 Å². The molecule has 1 heterocycles. The highest BCUT2D eigenvalue weighted by Crippen LogP contribution is 2.22. The molecule has 0 aliphatic heterocycles. The van der Waals surface area contributed by atoms with Crippen molar-refractivity contribution < 1.29 is 4.74 Å². The minimum atomic E-state index is 0.760. The van der Waals surface area contributed by atoms with Gasteiger partial charge in [-0.1, -0.05) is 19.1 Å². The molecule has 0 spiro atoms. The minimum Gasteiger partial charge on any atom is -0.497 e. The van der Waals surface area contributed by atoms with Gasteiger partial charge in [-0.25, -0.2) is 9.97 Å². The predicted octanol–water partition coefficient (Wildman–Crippen LogP) is 2.92. The first-order chi connectivity index (χ1) is 10.2. The first kappa shape index (κ1) is 15.4. The fourth-order valence-electron chi connectivity index (χ4n) is 2.38. The van der Waals surface area contributed by atoms with Crippen molar-refractivity contribution in [2.24, 2.45) is 0 Å². The van der Waals surface area contributed by atoms with Crippen LogP contribution >= 0.6 is 0 Å². The van der Waals surface area contributed by atoms with Crippen molar-refractivity contribution in [2.45, 2.75) is 27.2 Å². The van der Waals surface area contributed by atoms with Crippen LogP contribution in [0, 0.1) is 13.8 Å². The van der Waals surface area contributed by atoms with Gasteiger partial charge in [0.25, 0.3) is 0 Å². The Hall–Kier alpha value is -1.94. The predicted molar refractivity (Wildman–Crippen MR) is 85.7 cm³/mol. The van der Waals surface area contributed by atoms with E-state index >= 15 is 0 Å². The molecule has 0 saturated carbocycles. The number of nitrogens with zero attached hydrogens (tertiary/aromatic N) is 2. The van der Waals surface area contributed by atoms with E-state index in [1.165, 1.54) is 5.56 Å². The Morgan fingerprint density at radius 3 is 2.48 bits per heavy atom. The summed E-state index contributed by atoms with van der Waals surface area (Å²) in [6.45, 7) is 8.17. The summed E-state index contributed by atoms with van der Waals surface area (Å²) in [5.74, 6) is 1.58. The minimum absolute atomic E-state index is 0.760. The average molecular weight is 285 g/mol. The molecule has 4 nitrogen and oxygen atoms in total. The summed E-state index contributed by atoms with van der Waals surface area (Å²) in [5, 5.41) is 3.34. The number of methoxy groups -OCH3 is 1. The molecule has 0 aliphatic rings. The zero-order chi connectivity index (χ0) is 15.2. The van der Waals surface area contributed by atoms with Gasteiger partial charge >= 0.3 is 0 Å². The van der Waals surface area contributed by atoms with Crippen LogP contribution in [0.1, 0.15) is 23.9 Å². The largest absolute Gasteiger partial charge is 0.497 e. The van der Waals surface area contributed by atoms with Gasteiger partial charge < -0.3 is 10.1 Å². The Balaban J connectivity index is 2.30. The Bertz CT molecular complexity index is 588. The molecule has 0 bridgehead atoms. The third-order valence-electron chi connectivity index (χ3n) is 3.55. The number of aromatic nitrogens is 2. The third-order valence-corrected chi connectivity index (χ3v) is 3.55. The number of hydrogen-bond donors (Lipinski definition) is 1. The quantitative estimate of drug-likeness (QED) is 0.829. The van der Waals surface area contributed by atoms with Crippen LogP contribution in [0.5, 0.6) is 5.75 Å². The van der Waals surface area contributed by atoms with Gasteiger partial charge in [0.2, 0.25) is 0 Å². The Morgan fingerprint density at radius 1 is 1.14 bits per heavy atom. The highest BCUT2D eigenvalue weighted by atomic mass is 16.5. The van der Waals surface area contributed by atoms with Crippen molar-refractivity contribution in [3.05, 3.63) is 41.2 Å². The number of nitrogens with one attached hydrogen (secondary N) is 1. The lowest BCUT2D eigenvalue weighted by atomic mass is 10.1. The van der Waals surface area contributed by atoms with E-state index in [1.54, 1.807) is 7.11 Å². The maximum absolute atomic E-state index is 5.26. The van der Waals surface area contributed by atoms with Gasteiger partial charge in [0.05, 0.1) is 7.11 Å². The second kappa shape index (κ2) is 7.18. The molecular formula is C17H23N3O. The van der Waals surface area contributed by atoms with Gasteiger partial charge in [0.15, 0.2) is 5.82 Å². The van der Waals surface area contributed by atoms with E-state index in [2.05, 4.69) is 36.1 Å². The van der Waals surface area contributed by atoms with E-state index < -0.39 is 0 Å². The monoisotopic (exact) mass is 285 g/mol. The fraction of sp³-hybridized carbons (Fsp3) is 0.412. The maximum atomic E-state index is 5.26. The molecular weight excluding hydrogens is 262 g/mol. The zero-order valence-corrected chi connectivity index (χ0v) is 13.2. The van der Waals surface area contributed by atoms with E-state index in [0.717, 1.165) is 48.0 Å². The lowest BCUT2D eigenvalue weighted by Gasteiger charge is -2.11. The summed E-state index contributed by atoms with van der Waals surface area (Å²) >= 11 is 0. The summed E-state index contributed by atoms with van der Waals surface area (Å²) in [6.07, 6.45) is 0.962. The lowest BCUT2D eigenvalue weighted by molar-refractivity contribution is 0.415. The van der Waals surface area contributed by atoms with E-state index in [0.29, 0.717) is 0 Å². The molecule has 112 valence electrons. The summed E-state index contributed by atoms with van der Waals surface area (Å²) < 4.78 is 5.26. The Morgan fingerprint density at radius 2 is 1.86 bits per heavy atom. The fourth-order valence-corrected chi connectivity index (χ4v) is 2.38. The molecule has 4 heteroatoms. The SMILES string of the molecule is CCNCCc1c(C)nc(-c2cccc(OC)c2)nc1C. The molecule has 0 aliphatic carbocycles. The summed E-state index contributed by atoms with van der Waals surface area (Å²) in [7, 11) is 1.67. The van der Waals surface area contributed by atoms with Gasteiger partial charge in [0.1, 0.15) is 5.75 Å². The number of aryl methyl sites for hydroxylation is 2. The summed E-state index contributed by atoms with van der Waals surface area (Å²) in [5.41, 5.74) is 4.33. The molecule has 0 atom stereocenters. The van der Waals surface area contributed by atoms with Gasteiger partial charge in [0, 0.05) is 17.0 Å². The first-order valence-electron chi connectivity index (χ1n) is 7.35. The molecule has 2 rings (SSSR count). The molecule has 21 heavy (non-hydrogen) atoms. The van der Waals surface area contributed by atoms with Crippen LogP contribution in [0.4, 0.5) is 0 Å². The number of benzene rings is 1. The van der Waals surface area contributed by atoms with Crippen molar-refractivity contribution in [1.29, 1.82) is 0 Å². The van der Waals surface area contributed by atoms with Crippen LogP contribution in [-0.4, -0.2) is 30.2 Å². The van der Waals surface area contributed by atoms with Crippen molar-refractivity contribution in [3.63, 3.8) is 0 Å². The molecule has 1 N–H and O–H groups in total. The van der Waals surface area contributed by atoms with Crippen LogP contribution in [0.3, 0.4) is 0 Å². The van der Waals surface area contributed by atoms with E-state index in [9.17, 15) is 0 Å². The third kappa shape index (κ3) is 3.79. The number of rotatable bonds is 6. The van der Waals surface area contributed by atoms with Crippen LogP contribution in [0.15, 0.2) is 24.3 Å². The molecule has 1 aromatic heterocycles. The van der Waals surface area contributed by atoms with Gasteiger partial charge in [-0.05, 0) is 51.1 Å². The van der Waals surface area contributed by atoms with Crippen molar-refractivity contribution >= 4 is 0 Å². The second-order valence-corrected chi connectivity index (χ2v) is 5.03. The number of likely N-dealkylation sites (N-methyl/N-ethyl adjacent to an activating group) is 1. The van der Waals surface area contributed by atoms with Crippen LogP contribution in [0.2, 0.25) is 0 Å². The average Bonchev–Trinajstić information content (AvgIpc) is 2.50. The van der Waals surface area contributed by atoms with Gasteiger partial charge in [-0.3, -0.25) is 0 Å². The van der Waals surface area contributed by atoms with E-state index in [4.69, 9.17) is 4.74 Å². The number of hydrogen-bond acceptors (Lipinski definition) is 4. The lowest BCUT2D eigenvalue weighted by Crippen LogP contribution is -2.17. The topological polar surface area (TPSA) is 47.0 Å². The normalized spacial score (nSPS) is 10.7. The van der Waals surface area contributed by atoms with Crippen LogP contribution < -0.4 is 10.1 Å². The highest BCUT2D eigenvalue weighted by molar-refractivity contribution is 5.58. The van der Waals surface area contributed by atoms with Crippen LogP contribution in [-0.2, 0) is 6.42 Å². The van der Waals surface area contributed by atoms with E-state index in [-0.39, 0.29) is 0 Å². The van der Waals surface area contributed by atoms with E-state index in [1.807, 2.05) is 24.3 Å². The standard InChI is InChI=1S/C17H23N3O/c1-5-18-10-9-16-12(2)19-17(20-13(16)3)14-7-6-8-15(11-14)21-4/h6-8,11,18H,5,9-10H2,1-4H3. The molecule has 2 aromatic rings. The molecule has 0 amide bonds. The smallest absolute Gasteiger partial charge is 0.159 e. The summed E-state index contributed by atoms with van der Waals surface area (Å²) in [6, 6.07) is 7.86. The number of ether oxygens (including phenoxy) is 1. The molecule has 0 unspecified atom stereocenters.